The number of hydrogen-bond acceptors (Lipinski definition) is 7. The lowest BCUT2D eigenvalue weighted by Gasteiger charge is -2.13. The quantitative estimate of drug-likeness (QED) is 0.727. The Balaban J connectivity index is 1.63. The van der Waals surface area contributed by atoms with Crippen LogP contribution in [0, 0.1) is 13.8 Å². The third kappa shape index (κ3) is 3.10. The third-order valence-electron chi connectivity index (χ3n) is 4.60. The number of furan rings is 1. The predicted octanol–water partition coefficient (Wildman–Crippen LogP) is 2.52. The van der Waals surface area contributed by atoms with E-state index in [4.69, 9.17) is 4.42 Å². The molecule has 0 spiro atoms. The molecule has 4 rings (SSSR count). The molecule has 8 nitrogen and oxygen atoms in total. The maximum atomic E-state index is 12.8. The standard InChI is InChI=1S/C18H20N6O2/c1-10-13(16(25)21-8-12-6-19-11(2)20-7-12)14-15(24-18(3)4-5-18)22-9-23-17(14)26-10/h6-7,9H,4-5,8H2,1-3H3,(H,21,25)(H,22,23,24). The molecule has 2 N–H and O–H groups in total. The summed E-state index contributed by atoms with van der Waals surface area (Å²) in [4.78, 5) is 29.6. The van der Waals surface area contributed by atoms with Gasteiger partial charge in [0.1, 0.15) is 23.7 Å². The van der Waals surface area contributed by atoms with Crippen LogP contribution in [0.2, 0.25) is 0 Å². The number of fused-ring (bicyclic) bond motifs is 1. The second kappa shape index (κ2) is 6.05. The maximum Gasteiger partial charge on any atom is 0.255 e. The first-order chi connectivity index (χ1) is 12.5. The lowest BCUT2D eigenvalue weighted by atomic mass is 10.1. The van der Waals surface area contributed by atoms with E-state index >= 15 is 0 Å². The van der Waals surface area contributed by atoms with Crippen molar-refractivity contribution in [3.8, 4) is 0 Å². The number of carbonyl (C=O) groups excluding carboxylic acids is 1. The van der Waals surface area contributed by atoms with Gasteiger partial charge >= 0.3 is 0 Å². The van der Waals surface area contributed by atoms with E-state index in [-0.39, 0.29) is 11.4 Å². The van der Waals surface area contributed by atoms with E-state index in [0.717, 1.165) is 18.4 Å². The molecule has 0 unspecified atom stereocenters. The van der Waals surface area contributed by atoms with Gasteiger partial charge in [-0.25, -0.2) is 19.9 Å². The Hall–Kier alpha value is -3.03. The summed E-state index contributed by atoms with van der Waals surface area (Å²) in [5.41, 5.74) is 1.72. The number of nitrogens with one attached hydrogen (secondary N) is 2. The summed E-state index contributed by atoms with van der Waals surface area (Å²) in [7, 11) is 0. The lowest BCUT2D eigenvalue weighted by Crippen LogP contribution is -2.24. The first-order valence-electron chi connectivity index (χ1n) is 8.53. The maximum absolute atomic E-state index is 12.8. The zero-order valence-corrected chi connectivity index (χ0v) is 15.0. The minimum absolute atomic E-state index is 0.0272. The van der Waals surface area contributed by atoms with Gasteiger partial charge in [0.2, 0.25) is 5.71 Å². The molecule has 26 heavy (non-hydrogen) atoms. The van der Waals surface area contributed by atoms with Crippen molar-refractivity contribution in [3.05, 3.63) is 41.4 Å². The van der Waals surface area contributed by atoms with Gasteiger partial charge in [-0.2, -0.15) is 0 Å². The van der Waals surface area contributed by atoms with Crippen LogP contribution in [0.4, 0.5) is 5.82 Å². The number of hydrogen-bond donors (Lipinski definition) is 2. The molecule has 8 heteroatoms. The summed E-state index contributed by atoms with van der Waals surface area (Å²) in [5.74, 6) is 1.61. The molecule has 0 atom stereocenters. The predicted molar refractivity (Wildman–Crippen MR) is 95.7 cm³/mol. The topological polar surface area (TPSA) is 106 Å². The Morgan fingerprint density at radius 1 is 1.19 bits per heavy atom. The Kier molecular flexibility index (Phi) is 3.82. The summed E-state index contributed by atoms with van der Waals surface area (Å²) in [5, 5.41) is 6.93. The Morgan fingerprint density at radius 3 is 2.62 bits per heavy atom. The lowest BCUT2D eigenvalue weighted by molar-refractivity contribution is 0.0950. The highest BCUT2D eigenvalue weighted by molar-refractivity contribution is 6.10. The van der Waals surface area contributed by atoms with Crippen molar-refractivity contribution in [3.63, 3.8) is 0 Å². The number of aromatic nitrogens is 4. The highest BCUT2D eigenvalue weighted by atomic mass is 16.3. The van der Waals surface area contributed by atoms with Gasteiger partial charge in [0.25, 0.3) is 5.91 Å². The molecule has 3 aromatic heterocycles. The van der Waals surface area contributed by atoms with E-state index < -0.39 is 0 Å². The summed E-state index contributed by atoms with van der Waals surface area (Å²) >= 11 is 0. The number of carbonyl (C=O) groups is 1. The zero-order chi connectivity index (χ0) is 18.3. The van der Waals surface area contributed by atoms with Crippen molar-refractivity contribution in [1.82, 2.24) is 25.3 Å². The zero-order valence-electron chi connectivity index (χ0n) is 15.0. The first-order valence-corrected chi connectivity index (χ1v) is 8.53. The molecule has 134 valence electrons. The van der Waals surface area contributed by atoms with Crippen molar-refractivity contribution in [2.24, 2.45) is 0 Å². The van der Waals surface area contributed by atoms with Crippen LogP contribution in [-0.4, -0.2) is 31.4 Å². The van der Waals surface area contributed by atoms with Crippen LogP contribution in [0.15, 0.2) is 23.1 Å². The van der Waals surface area contributed by atoms with Gasteiger partial charge in [0.15, 0.2) is 0 Å². The van der Waals surface area contributed by atoms with Crippen LogP contribution in [0.1, 0.15) is 47.3 Å². The van der Waals surface area contributed by atoms with E-state index in [2.05, 4.69) is 37.5 Å². The van der Waals surface area contributed by atoms with E-state index in [9.17, 15) is 4.79 Å². The van der Waals surface area contributed by atoms with E-state index in [1.807, 2.05) is 6.92 Å². The van der Waals surface area contributed by atoms with Crippen molar-refractivity contribution in [1.29, 1.82) is 0 Å². The Bertz CT molecular complexity index is 975. The van der Waals surface area contributed by atoms with Gasteiger partial charge in [-0.3, -0.25) is 4.79 Å². The van der Waals surface area contributed by atoms with Gasteiger partial charge in [0, 0.05) is 30.0 Å². The summed E-state index contributed by atoms with van der Waals surface area (Å²) < 4.78 is 5.69. The molecule has 3 aromatic rings. The molecule has 0 radical (unpaired) electrons. The Morgan fingerprint density at radius 2 is 1.92 bits per heavy atom. The molecule has 0 aromatic carbocycles. The summed E-state index contributed by atoms with van der Waals surface area (Å²) in [6.07, 6.45) is 7.00. The number of rotatable bonds is 5. The molecule has 1 aliphatic carbocycles. The summed E-state index contributed by atoms with van der Waals surface area (Å²) in [6, 6.07) is 0. The van der Waals surface area contributed by atoms with Crippen LogP contribution >= 0.6 is 0 Å². The number of amides is 1. The van der Waals surface area contributed by atoms with Crippen LogP contribution in [0.25, 0.3) is 11.1 Å². The molecular weight excluding hydrogens is 332 g/mol. The van der Waals surface area contributed by atoms with Crippen LogP contribution in [0.3, 0.4) is 0 Å². The molecule has 1 fully saturated rings. The molecule has 3 heterocycles. The van der Waals surface area contributed by atoms with Gasteiger partial charge in [-0.1, -0.05) is 0 Å². The Labute approximate surface area is 150 Å². The van der Waals surface area contributed by atoms with Crippen LogP contribution < -0.4 is 10.6 Å². The second-order valence-electron chi connectivity index (χ2n) is 6.94. The molecule has 1 amide bonds. The van der Waals surface area contributed by atoms with Gasteiger partial charge in [-0.05, 0) is 33.6 Å². The fourth-order valence-corrected chi connectivity index (χ4v) is 2.79. The molecule has 0 saturated heterocycles. The van der Waals surface area contributed by atoms with Crippen LogP contribution in [0.5, 0.6) is 0 Å². The normalized spacial score (nSPS) is 15.0. The van der Waals surface area contributed by atoms with E-state index in [1.165, 1.54) is 6.33 Å². The van der Waals surface area contributed by atoms with Crippen molar-refractivity contribution >= 4 is 22.8 Å². The molecule has 0 aliphatic heterocycles. The molecular formula is C18H20N6O2. The minimum atomic E-state index is -0.236. The summed E-state index contributed by atoms with van der Waals surface area (Å²) in [6.45, 7) is 6.04. The third-order valence-corrected chi connectivity index (χ3v) is 4.60. The molecule has 1 saturated carbocycles. The fourth-order valence-electron chi connectivity index (χ4n) is 2.79. The monoisotopic (exact) mass is 352 g/mol. The number of nitrogens with zero attached hydrogens (tertiary/aromatic N) is 4. The van der Waals surface area contributed by atoms with Gasteiger partial charge in [-0.15, -0.1) is 0 Å². The highest BCUT2D eigenvalue weighted by Crippen LogP contribution is 2.40. The number of aryl methyl sites for hydroxylation is 2. The van der Waals surface area contributed by atoms with Gasteiger partial charge in [0.05, 0.1) is 10.9 Å². The molecule has 1 aliphatic rings. The smallest absolute Gasteiger partial charge is 0.255 e. The fraction of sp³-hybridized carbons (Fsp3) is 0.389. The van der Waals surface area contributed by atoms with Crippen molar-refractivity contribution in [2.75, 3.05) is 5.32 Å². The average Bonchev–Trinajstić information content (AvgIpc) is 3.23. The second-order valence-corrected chi connectivity index (χ2v) is 6.94. The minimum Gasteiger partial charge on any atom is -0.442 e. The SMILES string of the molecule is Cc1ncc(CNC(=O)c2c(C)oc3ncnc(NC4(C)CC4)c23)cn1. The highest BCUT2D eigenvalue weighted by Gasteiger charge is 2.38. The van der Waals surface area contributed by atoms with Crippen LogP contribution in [-0.2, 0) is 6.54 Å². The average molecular weight is 352 g/mol. The number of anilines is 1. The molecule has 0 bridgehead atoms. The van der Waals surface area contributed by atoms with E-state index in [1.54, 1.807) is 19.3 Å². The van der Waals surface area contributed by atoms with Gasteiger partial charge < -0.3 is 15.1 Å². The van der Waals surface area contributed by atoms with Crippen molar-refractivity contribution in [2.45, 2.75) is 45.7 Å². The largest absolute Gasteiger partial charge is 0.442 e. The van der Waals surface area contributed by atoms with Crippen molar-refractivity contribution < 1.29 is 9.21 Å². The van der Waals surface area contributed by atoms with E-state index in [0.29, 0.717) is 40.6 Å². The first kappa shape index (κ1) is 16.4.